The average molecular weight is 401 g/mol. The summed E-state index contributed by atoms with van der Waals surface area (Å²) in [5.41, 5.74) is 0.737. The first-order chi connectivity index (χ1) is 13.5. The van der Waals surface area contributed by atoms with E-state index in [2.05, 4.69) is 15.5 Å². The summed E-state index contributed by atoms with van der Waals surface area (Å²) in [4.78, 5) is 12.2. The lowest BCUT2D eigenvalue weighted by Gasteiger charge is -2.05. The van der Waals surface area contributed by atoms with Gasteiger partial charge in [-0.1, -0.05) is 23.3 Å². The monoisotopic (exact) mass is 401 g/mol. The molecule has 0 spiro atoms. The van der Waals surface area contributed by atoms with Gasteiger partial charge in [0.2, 0.25) is 11.8 Å². The Bertz CT molecular complexity index is 1030. The van der Waals surface area contributed by atoms with Crippen molar-refractivity contribution in [2.24, 2.45) is 0 Å². The highest BCUT2D eigenvalue weighted by Gasteiger charge is 2.16. The van der Waals surface area contributed by atoms with Gasteiger partial charge in [0.1, 0.15) is 5.75 Å². The molecule has 1 heterocycles. The maximum absolute atomic E-state index is 12.3. The fourth-order valence-electron chi connectivity index (χ4n) is 2.48. The predicted octanol–water partition coefficient (Wildman–Crippen LogP) is 2.94. The molecule has 146 valence electrons. The van der Waals surface area contributed by atoms with Gasteiger partial charge in [-0.2, -0.15) is 0 Å². The molecule has 0 saturated heterocycles. The van der Waals surface area contributed by atoms with Crippen molar-refractivity contribution in [1.82, 2.24) is 10.2 Å². The molecule has 0 atom stereocenters. The molecule has 8 nitrogen and oxygen atoms in total. The summed E-state index contributed by atoms with van der Waals surface area (Å²) in [6.07, 6.45) is 0.179. The summed E-state index contributed by atoms with van der Waals surface area (Å²) in [5, 5.41) is 10.1. The van der Waals surface area contributed by atoms with Crippen molar-refractivity contribution in [1.29, 1.82) is 0 Å². The Hall–Kier alpha value is -3.20. The van der Waals surface area contributed by atoms with E-state index in [0.717, 1.165) is 5.56 Å². The molecule has 0 aliphatic heterocycles. The van der Waals surface area contributed by atoms with E-state index in [1.54, 1.807) is 12.1 Å². The van der Waals surface area contributed by atoms with Crippen LogP contribution in [0.2, 0.25) is 0 Å². The molecule has 0 aliphatic carbocycles. The molecule has 3 rings (SSSR count). The smallest absolute Gasteiger partial charge is 0.322 e. The Labute approximate surface area is 162 Å². The third-order valence-electron chi connectivity index (χ3n) is 3.93. The lowest BCUT2D eigenvalue weighted by Crippen LogP contribution is -2.14. The molecule has 0 fully saturated rings. The molecule has 0 radical (unpaired) electrons. The maximum Gasteiger partial charge on any atom is 0.322 e. The van der Waals surface area contributed by atoms with E-state index >= 15 is 0 Å². The number of benzene rings is 2. The van der Waals surface area contributed by atoms with Gasteiger partial charge in [0.05, 0.1) is 17.8 Å². The third-order valence-corrected chi connectivity index (χ3v) is 5.74. The van der Waals surface area contributed by atoms with Crippen LogP contribution in [0.5, 0.6) is 5.75 Å². The Morgan fingerprint density at radius 1 is 1.07 bits per heavy atom. The fraction of sp³-hybridized carbons (Fsp3) is 0.211. The van der Waals surface area contributed by atoms with Gasteiger partial charge in [-0.3, -0.25) is 10.1 Å². The fourth-order valence-corrected chi connectivity index (χ4v) is 3.79. The molecule has 2 aromatic carbocycles. The van der Waals surface area contributed by atoms with E-state index in [9.17, 15) is 13.2 Å². The predicted molar refractivity (Wildman–Crippen MR) is 103 cm³/mol. The van der Waals surface area contributed by atoms with Crippen molar-refractivity contribution in [3.63, 3.8) is 0 Å². The van der Waals surface area contributed by atoms with Gasteiger partial charge in [0.15, 0.2) is 9.84 Å². The van der Waals surface area contributed by atoms with Crippen LogP contribution in [0.4, 0.5) is 6.01 Å². The number of aromatic nitrogens is 2. The number of methoxy groups -OCH3 is 1. The number of nitrogens with zero attached hydrogens (tertiary/aromatic N) is 2. The molecule has 1 N–H and O–H groups in total. The molecule has 0 saturated carbocycles. The van der Waals surface area contributed by atoms with Crippen molar-refractivity contribution in [2.75, 3.05) is 18.2 Å². The second-order valence-electron chi connectivity index (χ2n) is 5.92. The molecular formula is C19H19N3O5S. The molecule has 3 aromatic rings. The minimum atomic E-state index is -3.47. The van der Waals surface area contributed by atoms with Crippen molar-refractivity contribution < 1.29 is 22.4 Å². The summed E-state index contributed by atoms with van der Waals surface area (Å²) in [5.74, 6) is 0.324. The van der Waals surface area contributed by atoms with Crippen LogP contribution in [0, 0.1) is 0 Å². The largest absolute Gasteiger partial charge is 0.497 e. The zero-order valence-corrected chi connectivity index (χ0v) is 16.0. The van der Waals surface area contributed by atoms with Crippen LogP contribution in [-0.4, -0.2) is 37.4 Å². The zero-order valence-electron chi connectivity index (χ0n) is 15.2. The molecule has 9 heteroatoms. The number of anilines is 1. The maximum atomic E-state index is 12.3. The Morgan fingerprint density at radius 3 is 2.46 bits per heavy atom. The Kier molecular flexibility index (Phi) is 6.05. The van der Waals surface area contributed by atoms with Crippen LogP contribution >= 0.6 is 0 Å². The molecule has 0 unspecified atom stereocenters. The quantitative estimate of drug-likeness (QED) is 0.618. The normalized spacial score (nSPS) is 11.2. The number of carbonyl (C=O) groups is 1. The third kappa shape index (κ3) is 4.95. The summed E-state index contributed by atoms with van der Waals surface area (Å²) >= 11 is 0. The molecule has 0 aliphatic rings. The highest BCUT2D eigenvalue weighted by atomic mass is 32.2. The minimum absolute atomic E-state index is 0.0123. The first-order valence-corrected chi connectivity index (χ1v) is 10.2. The van der Waals surface area contributed by atoms with Gasteiger partial charge in [-0.15, -0.1) is 5.10 Å². The first kappa shape index (κ1) is 19.6. The van der Waals surface area contributed by atoms with Gasteiger partial charge >= 0.3 is 6.01 Å². The number of sulfone groups is 1. The van der Waals surface area contributed by atoms with Crippen molar-refractivity contribution in [3.05, 3.63) is 54.6 Å². The molecular weight excluding hydrogens is 382 g/mol. The van der Waals surface area contributed by atoms with Crippen LogP contribution in [0.25, 0.3) is 11.5 Å². The van der Waals surface area contributed by atoms with Crippen LogP contribution in [0.3, 0.4) is 0 Å². The summed E-state index contributed by atoms with van der Waals surface area (Å²) in [6, 6.07) is 15.3. The van der Waals surface area contributed by atoms with Crippen LogP contribution < -0.4 is 10.1 Å². The highest BCUT2D eigenvalue weighted by Crippen LogP contribution is 2.20. The molecule has 28 heavy (non-hydrogen) atoms. The minimum Gasteiger partial charge on any atom is -0.497 e. The average Bonchev–Trinajstić information content (AvgIpc) is 3.17. The lowest BCUT2D eigenvalue weighted by atomic mass is 10.2. The summed E-state index contributed by atoms with van der Waals surface area (Å²) < 4.78 is 35.0. The standard InChI is InChI=1S/C19H19N3O5S/c1-26-15-9-11-16(12-10-15)28(24,25)13-5-8-17(23)20-19-22-21-18(27-19)14-6-3-2-4-7-14/h2-4,6-7,9-12H,5,8,13H2,1H3,(H,20,22,23). The van der Waals surface area contributed by atoms with E-state index in [-0.39, 0.29) is 35.4 Å². The van der Waals surface area contributed by atoms with Crippen LogP contribution in [0.1, 0.15) is 12.8 Å². The van der Waals surface area contributed by atoms with Crippen LogP contribution in [-0.2, 0) is 14.6 Å². The van der Waals surface area contributed by atoms with Gasteiger partial charge in [-0.05, 0) is 42.8 Å². The second kappa shape index (κ2) is 8.66. The van der Waals surface area contributed by atoms with Gasteiger partial charge in [0.25, 0.3) is 0 Å². The topological polar surface area (TPSA) is 111 Å². The van der Waals surface area contributed by atoms with E-state index < -0.39 is 15.7 Å². The van der Waals surface area contributed by atoms with E-state index in [1.807, 2.05) is 30.3 Å². The number of ether oxygens (including phenoxy) is 1. The van der Waals surface area contributed by atoms with Crippen LogP contribution in [0.15, 0.2) is 63.9 Å². The first-order valence-electron chi connectivity index (χ1n) is 8.53. The van der Waals surface area contributed by atoms with E-state index in [0.29, 0.717) is 5.75 Å². The van der Waals surface area contributed by atoms with E-state index in [4.69, 9.17) is 9.15 Å². The van der Waals surface area contributed by atoms with E-state index in [1.165, 1.54) is 19.2 Å². The van der Waals surface area contributed by atoms with Crippen molar-refractivity contribution >= 4 is 21.8 Å². The number of hydrogen-bond donors (Lipinski definition) is 1. The van der Waals surface area contributed by atoms with Crippen molar-refractivity contribution in [3.8, 4) is 17.2 Å². The molecule has 1 amide bonds. The Morgan fingerprint density at radius 2 is 1.79 bits per heavy atom. The Balaban J connectivity index is 1.51. The molecule has 0 bridgehead atoms. The number of rotatable bonds is 8. The lowest BCUT2D eigenvalue weighted by molar-refractivity contribution is -0.116. The number of nitrogens with one attached hydrogen (secondary N) is 1. The SMILES string of the molecule is COc1ccc(S(=O)(=O)CCCC(=O)Nc2nnc(-c3ccccc3)o2)cc1. The van der Waals surface area contributed by atoms with Gasteiger partial charge in [-0.25, -0.2) is 8.42 Å². The van der Waals surface area contributed by atoms with Gasteiger partial charge in [0, 0.05) is 12.0 Å². The second-order valence-corrected chi connectivity index (χ2v) is 8.03. The number of amides is 1. The zero-order chi connectivity index (χ0) is 20.0. The van der Waals surface area contributed by atoms with Gasteiger partial charge < -0.3 is 9.15 Å². The molecule has 1 aromatic heterocycles. The summed E-state index contributed by atoms with van der Waals surface area (Å²) in [6.45, 7) is 0. The number of carbonyl (C=O) groups excluding carboxylic acids is 1. The number of hydrogen-bond acceptors (Lipinski definition) is 7. The summed E-state index contributed by atoms with van der Waals surface area (Å²) in [7, 11) is -1.96. The highest BCUT2D eigenvalue weighted by molar-refractivity contribution is 7.91. The van der Waals surface area contributed by atoms with Crippen molar-refractivity contribution in [2.45, 2.75) is 17.7 Å².